The molecule has 0 aromatic heterocycles. The number of phenolic OH excluding ortho intramolecular Hbond substituents is 1. The Morgan fingerprint density at radius 3 is 2.34 bits per heavy atom. The SMILES string of the molecule is O=C(NCc1ccccc1)C(C1CC[N+](=O)CC1)N(CC1CCC(F)(F)C1)C(=O)CCc1ccc(O)cc1. The van der Waals surface area contributed by atoms with E-state index in [1.165, 1.54) is 4.90 Å². The fourth-order valence-corrected chi connectivity index (χ4v) is 5.59. The number of carbonyl (C=O) groups is 2. The summed E-state index contributed by atoms with van der Waals surface area (Å²) in [6, 6.07) is 15.2. The van der Waals surface area contributed by atoms with Gasteiger partial charge in [-0.2, -0.15) is 0 Å². The number of piperidine rings is 1. The number of rotatable bonds is 10. The predicted octanol–water partition coefficient (Wildman–Crippen LogP) is 4.46. The molecule has 2 N–H and O–H groups in total. The minimum Gasteiger partial charge on any atom is -0.508 e. The van der Waals surface area contributed by atoms with Crippen molar-refractivity contribution in [2.45, 2.75) is 63.5 Å². The number of nitrogens with zero attached hydrogens (tertiary/aromatic N) is 2. The van der Waals surface area contributed by atoms with E-state index in [0.717, 1.165) is 15.9 Å². The predicted molar refractivity (Wildman–Crippen MR) is 139 cm³/mol. The number of alkyl halides is 2. The van der Waals surface area contributed by atoms with Gasteiger partial charge in [0.15, 0.2) is 13.1 Å². The average molecular weight is 529 g/mol. The van der Waals surface area contributed by atoms with Crippen LogP contribution in [0.15, 0.2) is 54.6 Å². The van der Waals surface area contributed by atoms with Gasteiger partial charge in [0.2, 0.25) is 17.7 Å². The standard InChI is InChI=1S/C29H35F2N3O4/c30-29(31)15-12-23(18-29)20-34(26(36)11-8-21-6-9-25(35)10-7-21)27(24-13-16-33(38)17-14-24)28(37)32-19-22-4-2-1-3-5-22/h1-7,9-10,23-24,27H,8,11-20H2,(H-,32,35,37)/p+1. The van der Waals surface area contributed by atoms with E-state index >= 15 is 0 Å². The lowest BCUT2D eigenvalue weighted by Crippen LogP contribution is -2.55. The zero-order valence-corrected chi connectivity index (χ0v) is 21.5. The molecule has 1 saturated carbocycles. The molecular formula is C29H36F2N3O4+. The van der Waals surface area contributed by atoms with E-state index < -0.39 is 17.9 Å². The van der Waals surface area contributed by atoms with Gasteiger partial charge in [0.25, 0.3) is 0 Å². The summed E-state index contributed by atoms with van der Waals surface area (Å²) in [4.78, 5) is 40.8. The van der Waals surface area contributed by atoms with Crippen LogP contribution in [0, 0.1) is 16.7 Å². The third kappa shape index (κ3) is 7.58. The van der Waals surface area contributed by atoms with Crippen LogP contribution < -0.4 is 5.32 Å². The first kappa shape index (κ1) is 27.7. The molecule has 2 aromatic rings. The van der Waals surface area contributed by atoms with Crippen LogP contribution in [-0.2, 0) is 22.6 Å². The number of nitroso groups, excluding NO2 is 1. The molecule has 1 aliphatic carbocycles. The number of halogens is 2. The highest BCUT2D eigenvalue weighted by Crippen LogP contribution is 2.40. The lowest BCUT2D eigenvalue weighted by Gasteiger charge is -2.38. The number of amides is 2. The van der Waals surface area contributed by atoms with Crippen molar-refractivity contribution in [3.8, 4) is 5.75 Å². The molecule has 1 saturated heterocycles. The van der Waals surface area contributed by atoms with Crippen molar-refractivity contribution >= 4 is 11.8 Å². The van der Waals surface area contributed by atoms with Gasteiger partial charge in [-0.15, -0.1) is 0 Å². The van der Waals surface area contributed by atoms with Crippen molar-refractivity contribution in [1.29, 1.82) is 0 Å². The van der Waals surface area contributed by atoms with Crippen LogP contribution in [0.4, 0.5) is 8.78 Å². The first-order valence-corrected chi connectivity index (χ1v) is 13.4. The van der Waals surface area contributed by atoms with Crippen molar-refractivity contribution in [2.75, 3.05) is 19.6 Å². The summed E-state index contributed by atoms with van der Waals surface area (Å²) in [5.41, 5.74) is 1.77. The largest absolute Gasteiger partial charge is 0.508 e. The smallest absolute Gasteiger partial charge is 0.248 e. The van der Waals surface area contributed by atoms with Crippen molar-refractivity contribution in [1.82, 2.24) is 10.2 Å². The van der Waals surface area contributed by atoms with Gasteiger partial charge in [0, 0.05) is 56.0 Å². The monoisotopic (exact) mass is 528 g/mol. The lowest BCUT2D eigenvalue weighted by atomic mass is 9.87. The molecular weight excluding hydrogens is 492 g/mol. The second-order valence-electron chi connectivity index (χ2n) is 10.6. The van der Waals surface area contributed by atoms with Crippen LogP contribution >= 0.6 is 0 Å². The summed E-state index contributed by atoms with van der Waals surface area (Å²) in [7, 11) is 0. The van der Waals surface area contributed by atoms with Gasteiger partial charge in [-0.3, -0.25) is 9.59 Å². The highest BCUT2D eigenvalue weighted by atomic mass is 19.3. The minimum atomic E-state index is -2.76. The molecule has 2 aliphatic rings. The first-order chi connectivity index (χ1) is 18.2. The van der Waals surface area contributed by atoms with Gasteiger partial charge >= 0.3 is 0 Å². The van der Waals surface area contributed by atoms with Crippen LogP contribution in [0.5, 0.6) is 5.75 Å². The van der Waals surface area contributed by atoms with Gasteiger partial charge < -0.3 is 15.3 Å². The zero-order chi connectivity index (χ0) is 27.1. The molecule has 0 radical (unpaired) electrons. The highest BCUT2D eigenvalue weighted by molar-refractivity contribution is 5.88. The van der Waals surface area contributed by atoms with E-state index in [1.54, 1.807) is 24.3 Å². The average Bonchev–Trinajstić information content (AvgIpc) is 3.26. The second kappa shape index (κ2) is 12.5. The summed E-state index contributed by atoms with van der Waals surface area (Å²) in [5.74, 6) is -3.85. The Morgan fingerprint density at radius 2 is 1.71 bits per heavy atom. The van der Waals surface area contributed by atoms with E-state index in [4.69, 9.17) is 0 Å². The lowest BCUT2D eigenvalue weighted by molar-refractivity contribution is -0.561. The summed E-state index contributed by atoms with van der Waals surface area (Å²) in [6.07, 6.45) is 1.19. The normalized spacial score (nSPS) is 20.2. The van der Waals surface area contributed by atoms with Crippen LogP contribution in [0.1, 0.15) is 49.7 Å². The number of aromatic hydroxyl groups is 1. The van der Waals surface area contributed by atoms with E-state index in [0.29, 0.717) is 25.7 Å². The Morgan fingerprint density at radius 1 is 1.03 bits per heavy atom. The number of benzene rings is 2. The highest BCUT2D eigenvalue weighted by Gasteiger charge is 2.44. The van der Waals surface area contributed by atoms with E-state index in [9.17, 15) is 28.4 Å². The first-order valence-electron chi connectivity index (χ1n) is 13.4. The van der Waals surface area contributed by atoms with E-state index in [2.05, 4.69) is 5.32 Å². The molecule has 9 heteroatoms. The molecule has 2 atom stereocenters. The van der Waals surface area contributed by atoms with Crippen LogP contribution in [0.25, 0.3) is 0 Å². The Labute approximate surface area is 221 Å². The Kier molecular flexibility index (Phi) is 9.07. The summed E-state index contributed by atoms with van der Waals surface area (Å²) in [6.45, 7) is 0.910. The minimum absolute atomic E-state index is 0.0883. The van der Waals surface area contributed by atoms with Crippen molar-refractivity contribution in [3.63, 3.8) is 0 Å². The quantitative estimate of drug-likeness (QED) is 0.446. The summed E-state index contributed by atoms with van der Waals surface area (Å²) >= 11 is 0. The Balaban J connectivity index is 1.56. The van der Waals surface area contributed by atoms with Crippen molar-refractivity contribution in [2.24, 2.45) is 11.8 Å². The van der Waals surface area contributed by atoms with Crippen molar-refractivity contribution < 1.29 is 28.2 Å². The molecule has 204 valence electrons. The molecule has 2 fully saturated rings. The van der Waals surface area contributed by atoms with E-state index in [1.807, 2.05) is 30.3 Å². The van der Waals surface area contributed by atoms with Crippen LogP contribution in [0.2, 0.25) is 0 Å². The summed E-state index contributed by atoms with van der Waals surface area (Å²) in [5, 5.41) is 12.5. The van der Waals surface area contributed by atoms with Gasteiger partial charge in [-0.05, 0) is 46.8 Å². The molecule has 1 aliphatic heterocycles. The second-order valence-corrected chi connectivity index (χ2v) is 10.6. The molecule has 7 nitrogen and oxygen atoms in total. The van der Waals surface area contributed by atoms with Gasteiger partial charge in [0.1, 0.15) is 11.8 Å². The Bertz CT molecular complexity index is 1100. The van der Waals surface area contributed by atoms with E-state index in [-0.39, 0.29) is 68.9 Å². The van der Waals surface area contributed by atoms with Crippen molar-refractivity contribution in [3.05, 3.63) is 70.6 Å². The molecule has 2 aromatic carbocycles. The van der Waals surface area contributed by atoms with Gasteiger partial charge in [0.05, 0.1) is 0 Å². The number of carbonyl (C=O) groups excluding carboxylic acids is 2. The molecule has 2 amide bonds. The maximum absolute atomic E-state index is 14.1. The topological polar surface area (TPSA) is 89.7 Å². The zero-order valence-electron chi connectivity index (χ0n) is 21.5. The molecule has 0 spiro atoms. The van der Waals surface area contributed by atoms with Crippen LogP contribution in [0.3, 0.4) is 0 Å². The molecule has 1 heterocycles. The number of hydrogen-bond acceptors (Lipinski definition) is 4. The molecule has 38 heavy (non-hydrogen) atoms. The number of phenols is 1. The third-order valence-electron chi connectivity index (χ3n) is 7.70. The number of nitrogens with one attached hydrogen (secondary N) is 1. The van der Waals surface area contributed by atoms with Gasteiger partial charge in [-0.25, -0.2) is 8.78 Å². The number of hydrogen-bond donors (Lipinski definition) is 2. The maximum atomic E-state index is 14.1. The summed E-state index contributed by atoms with van der Waals surface area (Å²) < 4.78 is 29.1. The number of aryl methyl sites for hydroxylation is 1. The van der Waals surface area contributed by atoms with Crippen LogP contribution in [-0.4, -0.2) is 58.2 Å². The Hall–Kier alpha value is -3.36. The molecule has 4 rings (SSSR count). The fraction of sp³-hybridized carbons (Fsp3) is 0.517. The molecule has 0 bridgehead atoms. The molecule has 2 unspecified atom stereocenters. The fourth-order valence-electron chi connectivity index (χ4n) is 5.59. The van der Waals surface area contributed by atoms with Gasteiger partial charge in [-0.1, -0.05) is 42.5 Å². The maximum Gasteiger partial charge on any atom is 0.248 e. The third-order valence-corrected chi connectivity index (χ3v) is 7.70.